The van der Waals surface area contributed by atoms with Gasteiger partial charge in [0.15, 0.2) is 0 Å². The summed E-state index contributed by atoms with van der Waals surface area (Å²) in [6.07, 6.45) is 0. The summed E-state index contributed by atoms with van der Waals surface area (Å²) < 4.78 is 103. The molecule has 0 bridgehead atoms. The summed E-state index contributed by atoms with van der Waals surface area (Å²) >= 11 is -17.2. The quantitative estimate of drug-likeness (QED) is 0.231. The smallest absolute Gasteiger partial charge is 3.00 e. The topological polar surface area (TPSA) is 241 Å². The maximum absolute atomic E-state index is 8.59. The first-order valence-electron chi connectivity index (χ1n) is 2.00. The third kappa shape index (κ3) is 747. The molecular weight excluding hydrogens is 686 g/mol. The van der Waals surface area contributed by atoms with Crippen LogP contribution in [0, 0.1) is 73.7 Å². The average Bonchev–Trinajstić information content (AvgIpc) is 1.41. The summed E-state index contributed by atoms with van der Waals surface area (Å²) in [5.74, 6) is 0. The molecule has 0 amide bonds. The van der Waals surface area contributed by atoms with Crippen molar-refractivity contribution >= 4 is 0 Å². The standard InChI is InChI=1S/3Cr.12O.2Tm/q;;;;;;;;;6*-1;2*+3. The van der Waals surface area contributed by atoms with Crippen molar-refractivity contribution < 1.29 is 162 Å². The zero-order valence-electron chi connectivity index (χ0n) is 6.68. The molecule has 0 aliphatic rings. The Bertz CT molecular complexity index is 341. The fraction of sp³-hybridized carbons (Fsp3) is 0. The van der Waals surface area contributed by atoms with Crippen LogP contribution in [0.4, 0.5) is 0 Å². The van der Waals surface area contributed by atoms with Crippen LogP contribution in [-0.2, 0) is 63.7 Å². The largest absolute Gasteiger partial charge is 3.00 e. The molecule has 0 atom stereocenters. The Hall–Kier alpha value is 2.62. The number of rotatable bonds is 0. The van der Waals surface area contributed by atoms with Crippen LogP contribution >= 0.6 is 0 Å². The molecule has 0 heterocycles. The van der Waals surface area contributed by atoms with Crippen LogP contribution in [0.25, 0.3) is 0 Å². The van der Waals surface area contributed by atoms with Gasteiger partial charge in [-0.2, -0.15) is 0 Å². The van der Waals surface area contributed by atoms with Gasteiger partial charge in [0.1, 0.15) is 0 Å². The molecule has 17 heavy (non-hydrogen) atoms. The zero-order chi connectivity index (χ0) is 13.5. The Morgan fingerprint density at radius 1 is 0.412 bits per heavy atom. The maximum atomic E-state index is 8.59. The van der Waals surface area contributed by atoms with E-state index in [4.69, 9.17) is 47.8 Å². The van der Waals surface area contributed by atoms with E-state index in [0.717, 1.165) is 0 Å². The van der Waals surface area contributed by atoms with Gasteiger partial charge in [-0.3, -0.25) is 0 Å². The maximum Gasteiger partial charge on any atom is 3.00 e. The van der Waals surface area contributed by atoms with E-state index in [-0.39, 0.29) is 73.7 Å². The van der Waals surface area contributed by atoms with Crippen molar-refractivity contribution in [2.45, 2.75) is 0 Å². The van der Waals surface area contributed by atoms with Gasteiger partial charge in [-0.15, -0.1) is 0 Å². The van der Waals surface area contributed by atoms with E-state index in [1.807, 2.05) is 0 Å². The summed E-state index contributed by atoms with van der Waals surface area (Å²) in [6, 6.07) is 0. The van der Waals surface area contributed by atoms with Gasteiger partial charge in [0.05, 0.1) is 0 Å². The molecule has 0 spiro atoms. The first-order valence-corrected chi connectivity index (χ1v) is 8.25. The summed E-state index contributed by atoms with van der Waals surface area (Å²) in [4.78, 5) is 0. The molecular formula is Cr3O12Tm2. The predicted octanol–water partition coefficient (Wildman–Crippen LogP) is -7.85. The van der Waals surface area contributed by atoms with Crippen molar-refractivity contribution in [3.63, 3.8) is 0 Å². The van der Waals surface area contributed by atoms with E-state index in [1.165, 1.54) is 0 Å². The Labute approximate surface area is 159 Å². The van der Waals surface area contributed by atoms with Crippen molar-refractivity contribution in [1.29, 1.82) is 0 Å². The van der Waals surface area contributed by atoms with Crippen LogP contribution in [0.15, 0.2) is 0 Å². The van der Waals surface area contributed by atoms with Crippen LogP contribution in [-0.4, -0.2) is 0 Å². The van der Waals surface area contributed by atoms with Gasteiger partial charge < -0.3 is 0 Å². The summed E-state index contributed by atoms with van der Waals surface area (Å²) in [5, 5.41) is 0. The monoisotopic (exact) mass is 686 g/mol. The van der Waals surface area contributed by atoms with Crippen LogP contribution < -0.4 is 24.9 Å². The molecule has 0 aromatic carbocycles. The summed E-state index contributed by atoms with van der Waals surface area (Å²) in [7, 11) is 0. The van der Waals surface area contributed by atoms with Gasteiger partial charge in [-0.05, 0) is 0 Å². The molecule has 0 N–H and O–H groups in total. The molecule has 0 aromatic rings. The van der Waals surface area contributed by atoms with E-state index >= 15 is 0 Å². The Morgan fingerprint density at radius 2 is 0.412 bits per heavy atom. The minimum Gasteiger partial charge on any atom is 3.00 e. The van der Waals surface area contributed by atoms with Crippen molar-refractivity contribution in [3.05, 3.63) is 0 Å². The Balaban J connectivity index is -0.0000000400. The SMILES string of the molecule is [O]=[Cr](=[O])([O-])[O-].[O]=[Cr](=[O])([O-])[O-].[O]=[Cr](=[O])([O-])[O-].[Tm+3].[Tm+3]. The van der Waals surface area contributed by atoms with Gasteiger partial charge in [0.2, 0.25) is 0 Å². The van der Waals surface area contributed by atoms with Gasteiger partial charge >= 0.3 is 162 Å². The van der Waals surface area contributed by atoms with E-state index in [2.05, 4.69) is 0 Å². The molecule has 0 fully saturated rings. The fourth-order valence-electron chi connectivity index (χ4n) is 0. The van der Waals surface area contributed by atoms with Crippen molar-refractivity contribution in [1.82, 2.24) is 0 Å². The molecule has 0 aliphatic heterocycles. The Kier molecular flexibility index (Phi) is 25.5. The second kappa shape index (κ2) is 13.6. The summed E-state index contributed by atoms with van der Waals surface area (Å²) in [6.45, 7) is 0. The Morgan fingerprint density at radius 3 is 0.412 bits per heavy atom. The van der Waals surface area contributed by atoms with Gasteiger partial charge in [0.25, 0.3) is 0 Å². The molecule has 12 nitrogen and oxygen atoms in total. The van der Waals surface area contributed by atoms with Crippen LogP contribution in [0.1, 0.15) is 0 Å². The average molecular weight is 686 g/mol. The number of hydrogen-bond acceptors (Lipinski definition) is 12. The van der Waals surface area contributed by atoms with E-state index in [1.54, 1.807) is 0 Å². The van der Waals surface area contributed by atoms with Gasteiger partial charge in [-0.25, -0.2) is 0 Å². The first kappa shape index (κ1) is 31.8. The summed E-state index contributed by atoms with van der Waals surface area (Å²) in [5.41, 5.74) is 0. The van der Waals surface area contributed by atoms with Crippen LogP contribution in [0.3, 0.4) is 0 Å². The van der Waals surface area contributed by atoms with Gasteiger partial charge in [0, 0.05) is 0 Å². The van der Waals surface area contributed by atoms with E-state index < -0.39 is 40.8 Å². The zero-order valence-corrected chi connectivity index (χ0v) is 14.1. The molecule has 0 saturated heterocycles. The fourth-order valence-corrected chi connectivity index (χ4v) is 0. The normalized spacial score (nSPS) is 10.2. The third-order valence-electron chi connectivity index (χ3n) is 0. The second-order valence-electron chi connectivity index (χ2n) is 1.22. The van der Waals surface area contributed by atoms with Crippen molar-refractivity contribution in [2.24, 2.45) is 0 Å². The third-order valence-corrected chi connectivity index (χ3v) is 0. The minimum atomic E-state index is -5.75. The molecule has 0 aliphatic carbocycles. The minimum absolute atomic E-state index is 0. The van der Waals surface area contributed by atoms with Crippen LogP contribution in [0.2, 0.25) is 0 Å². The van der Waals surface area contributed by atoms with E-state index in [0.29, 0.717) is 0 Å². The van der Waals surface area contributed by atoms with Crippen LogP contribution in [0.5, 0.6) is 0 Å². The van der Waals surface area contributed by atoms with Gasteiger partial charge in [-0.1, -0.05) is 0 Å². The molecule has 0 aromatic heterocycles. The second-order valence-corrected chi connectivity index (χ2v) is 5.05. The van der Waals surface area contributed by atoms with Crippen molar-refractivity contribution in [2.75, 3.05) is 0 Å². The molecule has 0 saturated carbocycles. The molecule has 17 heteroatoms. The van der Waals surface area contributed by atoms with Crippen molar-refractivity contribution in [3.8, 4) is 0 Å². The first-order chi connectivity index (χ1) is 6.00. The molecule has 0 unspecified atom stereocenters. The number of hydrogen-bond donors (Lipinski definition) is 0. The molecule has 0 radical (unpaired) electrons. The predicted molar refractivity (Wildman–Crippen MR) is 4.12 cm³/mol. The molecule has 116 valence electrons. The molecule has 0 rings (SSSR count). The van der Waals surface area contributed by atoms with E-state index in [9.17, 15) is 0 Å².